The van der Waals surface area contributed by atoms with Gasteiger partial charge in [0.25, 0.3) is 0 Å². The standard InChI is InChI=1S/C18H22N2O3S/c1-14-8-10-17(11-9-14)24(22,23)13-15(2)20-18(21)19-12-16-6-4-3-5-7-16/h3-11,15H,12-13H2,1-2H3,(H2,19,20,21). The average Bonchev–Trinajstić information content (AvgIpc) is 2.53. The van der Waals surface area contributed by atoms with Gasteiger partial charge in [-0.25, -0.2) is 13.2 Å². The summed E-state index contributed by atoms with van der Waals surface area (Å²) in [7, 11) is -3.43. The fourth-order valence-corrected chi connectivity index (χ4v) is 3.75. The Morgan fingerprint density at radius 2 is 1.67 bits per heavy atom. The van der Waals surface area contributed by atoms with E-state index in [0.29, 0.717) is 6.54 Å². The molecule has 0 heterocycles. The number of hydrogen-bond donors (Lipinski definition) is 2. The van der Waals surface area contributed by atoms with Crippen LogP contribution >= 0.6 is 0 Å². The summed E-state index contributed by atoms with van der Waals surface area (Å²) in [6.07, 6.45) is 0. The van der Waals surface area contributed by atoms with E-state index < -0.39 is 15.9 Å². The summed E-state index contributed by atoms with van der Waals surface area (Å²) in [4.78, 5) is 12.1. The fraction of sp³-hybridized carbons (Fsp3) is 0.278. The van der Waals surface area contributed by atoms with Crippen LogP contribution in [0.3, 0.4) is 0 Å². The monoisotopic (exact) mass is 346 g/mol. The Balaban J connectivity index is 1.86. The quantitative estimate of drug-likeness (QED) is 0.844. The number of aryl methyl sites for hydroxylation is 1. The number of amides is 2. The van der Waals surface area contributed by atoms with E-state index in [4.69, 9.17) is 0 Å². The van der Waals surface area contributed by atoms with E-state index in [1.807, 2.05) is 37.3 Å². The van der Waals surface area contributed by atoms with E-state index in [1.54, 1.807) is 31.2 Å². The van der Waals surface area contributed by atoms with Gasteiger partial charge < -0.3 is 10.6 Å². The lowest BCUT2D eigenvalue weighted by atomic mass is 10.2. The molecule has 1 atom stereocenters. The number of urea groups is 1. The Bertz CT molecular complexity index is 772. The summed E-state index contributed by atoms with van der Waals surface area (Å²) < 4.78 is 24.7. The van der Waals surface area contributed by atoms with Gasteiger partial charge in [0.15, 0.2) is 9.84 Å². The van der Waals surface area contributed by atoms with Gasteiger partial charge in [-0.05, 0) is 31.5 Å². The van der Waals surface area contributed by atoms with Crippen molar-refractivity contribution in [2.45, 2.75) is 31.3 Å². The van der Waals surface area contributed by atoms with Crippen LogP contribution in [0.2, 0.25) is 0 Å². The minimum Gasteiger partial charge on any atom is -0.335 e. The zero-order valence-electron chi connectivity index (χ0n) is 13.8. The molecule has 0 spiro atoms. The fourth-order valence-electron chi connectivity index (χ4n) is 2.27. The molecule has 128 valence electrons. The molecule has 0 aliphatic rings. The maximum Gasteiger partial charge on any atom is 0.315 e. The van der Waals surface area contributed by atoms with Crippen LogP contribution in [-0.4, -0.2) is 26.2 Å². The van der Waals surface area contributed by atoms with Gasteiger partial charge in [-0.1, -0.05) is 48.0 Å². The van der Waals surface area contributed by atoms with Gasteiger partial charge in [0.1, 0.15) is 0 Å². The van der Waals surface area contributed by atoms with Crippen molar-refractivity contribution in [2.24, 2.45) is 0 Å². The summed E-state index contributed by atoms with van der Waals surface area (Å²) in [5.41, 5.74) is 1.98. The highest BCUT2D eigenvalue weighted by molar-refractivity contribution is 7.91. The van der Waals surface area contributed by atoms with Crippen LogP contribution in [-0.2, 0) is 16.4 Å². The van der Waals surface area contributed by atoms with Gasteiger partial charge in [-0.15, -0.1) is 0 Å². The summed E-state index contributed by atoms with van der Waals surface area (Å²) in [5, 5.41) is 5.38. The molecule has 2 aromatic rings. The molecule has 0 saturated heterocycles. The SMILES string of the molecule is Cc1ccc(S(=O)(=O)CC(C)NC(=O)NCc2ccccc2)cc1. The van der Waals surface area contributed by atoms with E-state index in [2.05, 4.69) is 10.6 Å². The van der Waals surface area contributed by atoms with E-state index in [9.17, 15) is 13.2 Å². The molecule has 2 aromatic carbocycles. The topological polar surface area (TPSA) is 75.3 Å². The molecule has 6 heteroatoms. The first-order valence-corrected chi connectivity index (χ1v) is 9.40. The van der Waals surface area contributed by atoms with Gasteiger partial charge in [-0.3, -0.25) is 0 Å². The lowest BCUT2D eigenvalue weighted by Gasteiger charge is -2.15. The van der Waals surface area contributed by atoms with Gasteiger partial charge in [0.2, 0.25) is 0 Å². The van der Waals surface area contributed by atoms with Gasteiger partial charge in [0.05, 0.1) is 10.6 Å². The predicted octanol–water partition coefficient (Wildman–Crippen LogP) is 2.66. The van der Waals surface area contributed by atoms with Crippen molar-refractivity contribution in [2.75, 3.05) is 5.75 Å². The summed E-state index contributed by atoms with van der Waals surface area (Å²) >= 11 is 0. The molecule has 2 amide bonds. The Labute approximate surface area is 143 Å². The van der Waals surface area contributed by atoms with Crippen molar-refractivity contribution < 1.29 is 13.2 Å². The van der Waals surface area contributed by atoms with Gasteiger partial charge in [0, 0.05) is 12.6 Å². The smallest absolute Gasteiger partial charge is 0.315 e. The highest BCUT2D eigenvalue weighted by atomic mass is 32.2. The second-order valence-electron chi connectivity index (χ2n) is 5.81. The van der Waals surface area contributed by atoms with Crippen molar-refractivity contribution >= 4 is 15.9 Å². The van der Waals surface area contributed by atoms with E-state index in [-0.39, 0.29) is 16.7 Å². The first-order valence-electron chi connectivity index (χ1n) is 7.74. The van der Waals surface area contributed by atoms with Gasteiger partial charge in [-0.2, -0.15) is 0 Å². The summed E-state index contributed by atoms with van der Waals surface area (Å²) in [5.74, 6) is -0.144. The molecule has 0 aliphatic carbocycles. The molecule has 0 fully saturated rings. The third kappa shape index (κ3) is 5.38. The van der Waals surface area contributed by atoms with E-state index in [0.717, 1.165) is 11.1 Å². The largest absolute Gasteiger partial charge is 0.335 e. The highest BCUT2D eigenvalue weighted by Crippen LogP contribution is 2.13. The molecule has 0 saturated carbocycles. The van der Waals surface area contributed by atoms with Crippen LogP contribution in [0.25, 0.3) is 0 Å². The number of sulfone groups is 1. The van der Waals surface area contributed by atoms with Crippen LogP contribution in [0.15, 0.2) is 59.5 Å². The lowest BCUT2D eigenvalue weighted by molar-refractivity contribution is 0.238. The maximum absolute atomic E-state index is 12.3. The molecule has 0 aromatic heterocycles. The Hall–Kier alpha value is -2.34. The van der Waals surface area contributed by atoms with Crippen molar-refractivity contribution in [1.29, 1.82) is 0 Å². The van der Waals surface area contributed by atoms with Crippen LogP contribution in [0, 0.1) is 6.92 Å². The molecule has 5 nitrogen and oxygen atoms in total. The van der Waals surface area contributed by atoms with Crippen molar-refractivity contribution in [3.8, 4) is 0 Å². The number of carbonyl (C=O) groups excluding carboxylic acids is 1. The molecule has 0 aliphatic heterocycles. The lowest BCUT2D eigenvalue weighted by Crippen LogP contribution is -2.43. The number of benzene rings is 2. The molecule has 0 radical (unpaired) electrons. The minimum atomic E-state index is -3.43. The number of carbonyl (C=O) groups is 1. The number of hydrogen-bond acceptors (Lipinski definition) is 3. The zero-order chi connectivity index (χ0) is 17.6. The van der Waals surface area contributed by atoms with Crippen molar-refractivity contribution in [3.63, 3.8) is 0 Å². The molecule has 2 N–H and O–H groups in total. The van der Waals surface area contributed by atoms with Crippen LogP contribution in [0.1, 0.15) is 18.1 Å². The Morgan fingerprint density at radius 1 is 1.04 bits per heavy atom. The first kappa shape index (κ1) is 18.0. The van der Waals surface area contributed by atoms with Crippen molar-refractivity contribution in [3.05, 3.63) is 65.7 Å². The second kappa shape index (κ2) is 7.97. The molecule has 0 bridgehead atoms. The third-order valence-electron chi connectivity index (χ3n) is 3.52. The van der Waals surface area contributed by atoms with Crippen LogP contribution in [0.4, 0.5) is 4.79 Å². The normalized spacial score (nSPS) is 12.4. The molecule has 24 heavy (non-hydrogen) atoms. The molecule has 2 rings (SSSR count). The van der Waals surface area contributed by atoms with E-state index >= 15 is 0 Å². The maximum atomic E-state index is 12.3. The number of nitrogens with one attached hydrogen (secondary N) is 2. The highest BCUT2D eigenvalue weighted by Gasteiger charge is 2.19. The second-order valence-corrected chi connectivity index (χ2v) is 7.84. The average molecular weight is 346 g/mol. The zero-order valence-corrected chi connectivity index (χ0v) is 14.6. The van der Waals surface area contributed by atoms with Crippen molar-refractivity contribution in [1.82, 2.24) is 10.6 Å². The molecule has 1 unspecified atom stereocenters. The van der Waals surface area contributed by atoms with E-state index in [1.165, 1.54) is 0 Å². The Morgan fingerprint density at radius 3 is 2.29 bits per heavy atom. The van der Waals surface area contributed by atoms with Gasteiger partial charge >= 0.3 is 6.03 Å². The first-order chi connectivity index (χ1) is 11.4. The molecular weight excluding hydrogens is 324 g/mol. The summed E-state index contributed by atoms with van der Waals surface area (Å²) in [6, 6.07) is 15.3. The van der Waals surface area contributed by atoms with Crippen LogP contribution in [0.5, 0.6) is 0 Å². The minimum absolute atomic E-state index is 0.144. The van der Waals surface area contributed by atoms with Crippen LogP contribution < -0.4 is 10.6 Å². The molecular formula is C18H22N2O3S. The summed E-state index contributed by atoms with van der Waals surface area (Å²) in [6.45, 7) is 3.97. The predicted molar refractivity (Wildman–Crippen MR) is 94.5 cm³/mol. The Kier molecular flexibility index (Phi) is 5.98. The third-order valence-corrected chi connectivity index (χ3v) is 5.45. The number of rotatable bonds is 6.